The van der Waals surface area contributed by atoms with E-state index in [9.17, 15) is 8.78 Å². The molecule has 0 atom stereocenters. The molecule has 3 heterocycles. The average molecular weight is 413 g/mol. The molecule has 0 unspecified atom stereocenters. The number of nitrogens with zero attached hydrogens (tertiary/aromatic N) is 4. The number of halogens is 2. The lowest BCUT2D eigenvalue weighted by Gasteiger charge is -2.47. The van der Waals surface area contributed by atoms with Crippen molar-refractivity contribution >= 4 is 11.6 Å². The standard InChI is InChI=1S/C21H21F2N5O2/c1-13-4-16(2-3-20(13)30-19-8-27(9-19)18-10-29-11-18)25-21-24-12-28(26-21)17-6-14(22)5-15(23)7-17/h2-7,12,18-19H,8-11H2,1H3,(H,25,26). The van der Waals surface area contributed by atoms with Gasteiger partial charge in [-0.15, -0.1) is 5.10 Å². The van der Waals surface area contributed by atoms with Crippen LogP contribution in [0.1, 0.15) is 5.56 Å². The maximum absolute atomic E-state index is 13.4. The van der Waals surface area contributed by atoms with Crippen molar-refractivity contribution in [3.05, 3.63) is 59.9 Å². The first-order valence-corrected chi connectivity index (χ1v) is 9.78. The second-order valence-electron chi connectivity index (χ2n) is 7.63. The molecule has 1 N–H and O–H groups in total. The van der Waals surface area contributed by atoms with Crippen LogP contribution >= 0.6 is 0 Å². The van der Waals surface area contributed by atoms with E-state index in [-0.39, 0.29) is 11.8 Å². The van der Waals surface area contributed by atoms with Gasteiger partial charge in [-0.05, 0) is 42.8 Å². The highest BCUT2D eigenvalue weighted by atomic mass is 19.1. The van der Waals surface area contributed by atoms with Crippen LogP contribution in [0.3, 0.4) is 0 Å². The van der Waals surface area contributed by atoms with Gasteiger partial charge in [0.25, 0.3) is 0 Å². The Bertz CT molecular complexity index is 1040. The number of nitrogens with one attached hydrogen (secondary N) is 1. The van der Waals surface area contributed by atoms with E-state index in [1.807, 2.05) is 25.1 Å². The molecule has 0 saturated carbocycles. The highest BCUT2D eigenvalue weighted by Crippen LogP contribution is 2.27. The predicted octanol–water partition coefficient (Wildman–Crippen LogP) is 3.06. The summed E-state index contributed by atoms with van der Waals surface area (Å²) in [6.07, 6.45) is 1.60. The van der Waals surface area contributed by atoms with Gasteiger partial charge in [-0.3, -0.25) is 4.90 Å². The van der Waals surface area contributed by atoms with Crippen LogP contribution < -0.4 is 10.1 Å². The molecule has 30 heavy (non-hydrogen) atoms. The van der Waals surface area contributed by atoms with Crippen molar-refractivity contribution in [1.29, 1.82) is 0 Å². The quantitative estimate of drug-likeness (QED) is 0.670. The molecule has 7 nitrogen and oxygen atoms in total. The van der Waals surface area contributed by atoms with Crippen LogP contribution in [0.2, 0.25) is 0 Å². The molecule has 1 aromatic heterocycles. The molecule has 0 radical (unpaired) electrons. The number of anilines is 2. The average Bonchev–Trinajstić information content (AvgIpc) is 3.08. The van der Waals surface area contributed by atoms with Crippen molar-refractivity contribution in [1.82, 2.24) is 19.7 Å². The third-order valence-electron chi connectivity index (χ3n) is 5.34. The maximum Gasteiger partial charge on any atom is 0.246 e. The Morgan fingerprint density at radius 2 is 1.87 bits per heavy atom. The second kappa shape index (κ2) is 7.66. The van der Waals surface area contributed by atoms with Crippen molar-refractivity contribution in [3.8, 4) is 11.4 Å². The van der Waals surface area contributed by atoms with Crippen molar-refractivity contribution < 1.29 is 18.3 Å². The normalized spacial score (nSPS) is 17.4. The van der Waals surface area contributed by atoms with E-state index in [2.05, 4.69) is 20.3 Å². The molecule has 0 amide bonds. The molecule has 0 aliphatic carbocycles. The van der Waals surface area contributed by atoms with Crippen LogP contribution in [0.25, 0.3) is 5.69 Å². The highest BCUT2D eigenvalue weighted by Gasteiger charge is 2.37. The lowest BCUT2D eigenvalue weighted by Crippen LogP contribution is -2.63. The molecule has 0 spiro atoms. The number of hydrogen-bond donors (Lipinski definition) is 1. The van der Waals surface area contributed by atoms with E-state index in [1.54, 1.807) is 0 Å². The Labute approximate surface area is 172 Å². The molecule has 0 bridgehead atoms. The van der Waals surface area contributed by atoms with Crippen molar-refractivity contribution in [3.63, 3.8) is 0 Å². The molecular formula is C21H21F2N5O2. The summed E-state index contributed by atoms with van der Waals surface area (Å²) in [5.41, 5.74) is 2.05. The number of hydrogen-bond acceptors (Lipinski definition) is 6. The Morgan fingerprint density at radius 3 is 2.53 bits per heavy atom. The number of ether oxygens (including phenoxy) is 2. The number of aromatic nitrogens is 3. The molecular weight excluding hydrogens is 392 g/mol. The third kappa shape index (κ3) is 3.86. The smallest absolute Gasteiger partial charge is 0.246 e. The van der Waals surface area contributed by atoms with Crippen LogP contribution in [0, 0.1) is 18.6 Å². The van der Waals surface area contributed by atoms with Crippen LogP contribution in [-0.4, -0.2) is 58.1 Å². The zero-order chi connectivity index (χ0) is 20.7. The number of benzene rings is 2. The SMILES string of the molecule is Cc1cc(Nc2ncn(-c3cc(F)cc(F)c3)n2)ccc1OC1CN(C2COC2)C1. The zero-order valence-electron chi connectivity index (χ0n) is 16.4. The highest BCUT2D eigenvalue weighted by molar-refractivity contribution is 5.57. The number of rotatable bonds is 6. The summed E-state index contributed by atoms with van der Waals surface area (Å²) in [7, 11) is 0. The molecule has 2 aromatic carbocycles. The van der Waals surface area contributed by atoms with E-state index in [0.717, 1.165) is 49.4 Å². The molecule has 5 rings (SSSR count). The fraction of sp³-hybridized carbons (Fsp3) is 0.333. The monoisotopic (exact) mass is 413 g/mol. The Balaban J connectivity index is 1.22. The first-order valence-electron chi connectivity index (χ1n) is 9.78. The fourth-order valence-electron chi connectivity index (χ4n) is 3.56. The van der Waals surface area contributed by atoms with Gasteiger partial charge in [0, 0.05) is 24.8 Å². The minimum Gasteiger partial charge on any atom is -0.487 e. The Hall–Kier alpha value is -3.04. The van der Waals surface area contributed by atoms with Crippen molar-refractivity contribution in [2.24, 2.45) is 0 Å². The lowest BCUT2D eigenvalue weighted by molar-refractivity contribution is -0.115. The molecule has 156 valence electrons. The third-order valence-corrected chi connectivity index (χ3v) is 5.34. The molecule has 2 aliphatic heterocycles. The van der Waals surface area contributed by atoms with Crippen LogP contribution in [0.5, 0.6) is 5.75 Å². The van der Waals surface area contributed by atoms with Gasteiger partial charge in [-0.2, -0.15) is 4.98 Å². The summed E-state index contributed by atoms with van der Waals surface area (Å²) in [5, 5.41) is 7.33. The minimum atomic E-state index is -0.670. The van der Waals surface area contributed by atoms with Gasteiger partial charge in [0.05, 0.1) is 24.9 Å². The van der Waals surface area contributed by atoms with Gasteiger partial charge in [0.2, 0.25) is 5.95 Å². The van der Waals surface area contributed by atoms with Gasteiger partial charge in [-0.1, -0.05) is 0 Å². The number of aryl methyl sites for hydroxylation is 1. The maximum atomic E-state index is 13.4. The Kier molecular flexibility index (Phi) is 4.84. The van der Waals surface area contributed by atoms with E-state index in [0.29, 0.717) is 12.0 Å². The van der Waals surface area contributed by atoms with E-state index >= 15 is 0 Å². The molecule has 3 aromatic rings. The summed E-state index contributed by atoms with van der Waals surface area (Å²) < 4.78 is 39.5. The van der Waals surface area contributed by atoms with E-state index in [4.69, 9.17) is 9.47 Å². The largest absolute Gasteiger partial charge is 0.487 e. The summed E-state index contributed by atoms with van der Waals surface area (Å²) in [4.78, 5) is 6.54. The van der Waals surface area contributed by atoms with Gasteiger partial charge in [0.1, 0.15) is 29.8 Å². The first kappa shape index (κ1) is 19.0. The van der Waals surface area contributed by atoms with Gasteiger partial charge in [-0.25, -0.2) is 13.5 Å². The summed E-state index contributed by atoms with van der Waals surface area (Å²) in [6, 6.07) is 9.51. The van der Waals surface area contributed by atoms with E-state index in [1.165, 1.54) is 23.1 Å². The topological polar surface area (TPSA) is 64.4 Å². The van der Waals surface area contributed by atoms with Gasteiger partial charge in [0.15, 0.2) is 0 Å². The van der Waals surface area contributed by atoms with Crippen molar-refractivity contribution in [2.45, 2.75) is 19.1 Å². The fourth-order valence-corrected chi connectivity index (χ4v) is 3.56. The predicted molar refractivity (Wildman–Crippen MR) is 106 cm³/mol. The lowest BCUT2D eigenvalue weighted by atomic mass is 10.1. The summed E-state index contributed by atoms with van der Waals surface area (Å²) in [5.74, 6) is -0.164. The first-order chi connectivity index (χ1) is 14.5. The minimum absolute atomic E-state index is 0.201. The van der Waals surface area contributed by atoms with E-state index < -0.39 is 11.6 Å². The molecule has 2 aliphatic rings. The van der Waals surface area contributed by atoms with Crippen LogP contribution in [-0.2, 0) is 4.74 Å². The van der Waals surface area contributed by atoms with Gasteiger partial charge >= 0.3 is 0 Å². The zero-order valence-corrected chi connectivity index (χ0v) is 16.4. The van der Waals surface area contributed by atoms with Crippen LogP contribution in [0.15, 0.2) is 42.7 Å². The summed E-state index contributed by atoms with van der Waals surface area (Å²) >= 11 is 0. The Morgan fingerprint density at radius 1 is 1.10 bits per heavy atom. The molecule has 2 saturated heterocycles. The summed E-state index contributed by atoms with van der Waals surface area (Å²) in [6.45, 7) is 5.48. The number of likely N-dealkylation sites (tertiary alicyclic amines) is 1. The second-order valence-corrected chi connectivity index (χ2v) is 7.63. The van der Waals surface area contributed by atoms with Crippen molar-refractivity contribution in [2.75, 3.05) is 31.6 Å². The van der Waals surface area contributed by atoms with Crippen LogP contribution in [0.4, 0.5) is 20.4 Å². The molecule has 9 heteroatoms. The van der Waals surface area contributed by atoms with Gasteiger partial charge < -0.3 is 14.8 Å². The molecule has 2 fully saturated rings.